The fourth-order valence-electron chi connectivity index (χ4n) is 1.23. The normalized spacial score (nSPS) is 10.3. The lowest BCUT2D eigenvalue weighted by Gasteiger charge is -2.06. The van der Waals surface area contributed by atoms with E-state index in [0.29, 0.717) is 0 Å². The average molecular weight is 313 g/mol. The van der Waals surface area contributed by atoms with Gasteiger partial charge < -0.3 is 5.73 Å². The molecule has 3 N–H and O–H groups in total. The van der Waals surface area contributed by atoms with Crippen molar-refractivity contribution >= 4 is 44.9 Å². The molecule has 0 saturated heterocycles. The molecule has 0 bridgehead atoms. The summed E-state index contributed by atoms with van der Waals surface area (Å²) in [6, 6.07) is 9.88. The number of amidine groups is 1. The predicted octanol–water partition coefficient (Wildman–Crippen LogP) is 3.95. The molecule has 0 aliphatic carbocycles. The molecule has 0 amide bonds. The monoisotopic (exact) mass is 312 g/mol. The average Bonchev–Trinajstić information content (AvgIpc) is 2.73. The molecule has 0 aliphatic heterocycles. The highest BCUT2D eigenvalue weighted by molar-refractivity contribution is 9.10. The summed E-state index contributed by atoms with van der Waals surface area (Å²) in [6.07, 6.45) is 0. The minimum Gasteiger partial charge on any atom is -0.384 e. The minimum absolute atomic E-state index is 0.0976. The lowest BCUT2D eigenvalue weighted by atomic mass is 10.2. The van der Waals surface area contributed by atoms with Crippen molar-refractivity contribution in [2.45, 2.75) is 9.10 Å². The van der Waals surface area contributed by atoms with Crippen molar-refractivity contribution in [3.8, 4) is 0 Å². The van der Waals surface area contributed by atoms with Crippen molar-refractivity contribution in [3.05, 3.63) is 45.7 Å². The molecule has 0 saturated carbocycles. The van der Waals surface area contributed by atoms with Crippen molar-refractivity contribution in [2.24, 2.45) is 5.73 Å². The summed E-state index contributed by atoms with van der Waals surface area (Å²) in [5.41, 5.74) is 6.34. The molecule has 0 unspecified atom stereocenters. The van der Waals surface area contributed by atoms with Gasteiger partial charge in [0, 0.05) is 14.9 Å². The fourth-order valence-corrected chi connectivity index (χ4v) is 3.45. The van der Waals surface area contributed by atoms with E-state index in [2.05, 4.69) is 22.0 Å². The SMILES string of the molecule is N=C(N)c1cc(Br)ccc1Sc1cccs1. The van der Waals surface area contributed by atoms with Crippen LogP contribution in [-0.2, 0) is 0 Å². The zero-order valence-electron chi connectivity index (χ0n) is 8.24. The van der Waals surface area contributed by atoms with Crippen LogP contribution in [0, 0.1) is 5.41 Å². The third kappa shape index (κ3) is 2.66. The van der Waals surface area contributed by atoms with Crippen LogP contribution in [-0.4, -0.2) is 5.84 Å². The Balaban J connectivity index is 2.36. The molecular weight excluding hydrogens is 304 g/mol. The highest BCUT2D eigenvalue weighted by Crippen LogP contribution is 2.34. The molecule has 0 spiro atoms. The van der Waals surface area contributed by atoms with Gasteiger partial charge in [0.1, 0.15) is 5.84 Å². The van der Waals surface area contributed by atoms with Gasteiger partial charge in [0.15, 0.2) is 0 Å². The number of hydrogen-bond donors (Lipinski definition) is 2. The van der Waals surface area contributed by atoms with Crippen molar-refractivity contribution in [3.63, 3.8) is 0 Å². The van der Waals surface area contributed by atoms with Crippen LogP contribution in [0.25, 0.3) is 0 Å². The maximum absolute atomic E-state index is 7.55. The smallest absolute Gasteiger partial charge is 0.123 e. The largest absolute Gasteiger partial charge is 0.384 e. The molecule has 2 aromatic rings. The number of benzene rings is 1. The molecule has 0 aliphatic rings. The molecule has 2 rings (SSSR count). The van der Waals surface area contributed by atoms with Crippen molar-refractivity contribution in [2.75, 3.05) is 0 Å². The molecule has 5 heteroatoms. The Morgan fingerprint density at radius 3 is 2.81 bits per heavy atom. The summed E-state index contributed by atoms with van der Waals surface area (Å²) in [5.74, 6) is 0.0976. The summed E-state index contributed by atoms with van der Waals surface area (Å²) in [5, 5.41) is 9.59. The van der Waals surface area contributed by atoms with Crippen LogP contribution in [0.3, 0.4) is 0 Å². The van der Waals surface area contributed by atoms with Crippen molar-refractivity contribution in [1.82, 2.24) is 0 Å². The number of nitrogen functional groups attached to an aromatic ring is 1. The highest BCUT2D eigenvalue weighted by Gasteiger charge is 2.08. The summed E-state index contributed by atoms with van der Waals surface area (Å²) < 4.78 is 2.14. The first kappa shape index (κ1) is 11.7. The van der Waals surface area contributed by atoms with Crippen LogP contribution < -0.4 is 5.73 Å². The van der Waals surface area contributed by atoms with E-state index in [0.717, 1.165) is 14.9 Å². The van der Waals surface area contributed by atoms with E-state index in [1.807, 2.05) is 29.6 Å². The van der Waals surface area contributed by atoms with Gasteiger partial charge in [-0.05, 0) is 29.6 Å². The lowest BCUT2D eigenvalue weighted by molar-refractivity contribution is 1.33. The summed E-state index contributed by atoms with van der Waals surface area (Å²) >= 11 is 6.70. The maximum Gasteiger partial charge on any atom is 0.123 e. The molecule has 16 heavy (non-hydrogen) atoms. The van der Waals surface area contributed by atoms with Crippen molar-refractivity contribution in [1.29, 1.82) is 5.41 Å². The molecule has 1 heterocycles. The Kier molecular flexibility index (Phi) is 3.68. The van der Waals surface area contributed by atoms with Gasteiger partial charge in [-0.15, -0.1) is 11.3 Å². The summed E-state index contributed by atoms with van der Waals surface area (Å²) in [4.78, 5) is 1.01. The number of nitrogens with two attached hydrogens (primary N) is 1. The second kappa shape index (κ2) is 5.03. The Hall–Kier alpha value is -0.780. The van der Waals surface area contributed by atoms with Gasteiger partial charge in [0.25, 0.3) is 0 Å². The zero-order chi connectivity index (χ0) is 11.5. The van der Waals surface area contributed by atoms with Crippen LogP contribution >= 0.6 is 39.0 Å². The van der Waals surface area contributed by atoms with Crippen LogP contribution in [0.4, 0.5) is 0 Å². The van der Waals surface area contributed by atoms with Crippen LogP contribution in [0.1, 0.15) is 5.56 Å². The Morgan fingerprint density at radius 2 is 2.19 bits per heavy atom. The third-order valence-electron chi connectivity index (χ3n) is 1.94. The second-order valence-electron chi connectivity index (χ2n) is 3.09. The Labute approximate surface area is 111 Å². The van der Waals surface area contributed by atoms with Crippen LogP contribution in [0.5, 0.6) is 0 Å². The second-order valence-corrected chi connectivity index (χ2v) is 6.29. The Bertz CT molecular complexity index is 509. The van der Waals surface area contributed by atoms with Gasteiger partial charge in [-0.1, -0.05) is 33.8 Å². The quantitative estimate of drug-likeness (QED) is 0.666. The predicted molar refractivity (Wildman–Crippen MR) is 73.6 cm³/mol. The lowest BCUT2D eigenvalue weighted by Crippen LogP contribution is -2.12. The molecule has 2 nitrogen and oxygen atoms in total. The van der Waals surface area contributed by atoms with Crippen LogP contribution in [0.15, 0.2) is 49.3 Å². The zero-order valence-corrected chi connectivity index (χ0v) is 11.5. The first-order valence-corrected chi connectivity index (χ1v) is 7.01. The number of halogens is 1. The molecule has 0 fully saturated rings. The van der Waals surface area contributed by atoms with E-state index >= 15 is 0 Å². The van der Waals surface area contributed by atoms with Gasteiger partial charge in [-0.25, -0.2) is 0 Å². The van der Waals surface area contributed by atoms with E-state index in [9.17, 15) is 0 Å². The fraction of sp³-hybridized carbons (Fsp3) is 0. The number of nitrogens with one attached hydrogen (secondary N) is 1. The van der Waals surface area contributed by atoms with Gasteiger partial charge in [-0.2, -0.15) is 0 Å². The highest BCUT2D eigenvalue weighted by atomic mass is 79.9. The van der Waals surface area contributed by atoms with Gasteiger partial charge >= 0.3 is 0 Å². The Morgan fingerprint density at radius 1 is 1.38 bits per heavy atom. The molecule has 1 aromatic carbocycles. The van der Waals surface area contributed by atoms with Gasteiger partial charge in [0.05, 0.1) is 4.21 Å². The first-order valence-electron chi connectivity index (χ1n) is 4.52. The topological polar surface area (TPSA) is 49.9 Å². The standard InChI is InChI=1S/C11H9BrN2S2/c12-7-3-4-9(8(6-7)11(13)14)16-10-2-1-5-15-10/h1-6H,(H3,13,14). The summed E-state index contributed by atoms with van der Waals surface area (Å²) in [7, 11) is 0. The maximum atomic E-state index is 7.55. The van der Waals surface area contributed by atoms with E-state index in [-0.39, 0.29) is 5.84 Å². The number of rotatable bonds is 3. The molecule has 1 aromatic heterocycles. The molecule has 0 atom stereocenters. The van der Waals surface area contributed by atoms with Crippen LogP contribution in [0.2, 0.25) is 0 Å². The van der Waals surface area contributed by atoms with Gasteiger partial charge in [0.2, 0.25) is 0 Å². The molecule has 82 valence electrons. The van der Waals surface area contributed by atoms with E-state index < -0.39 is 0 Å². The van der Waals surface area contributed by atoms with E-state index in [4.69, 9.17) is 11.1 Å². The van der Waals surface area contributed by atoms with E-state index in [1.54, 1.807) is 23.1 Å². The van der Waals surface area contributed by atoms with Gasteiger partial charge in [-0.3, -0.25) is 5.41 Å². The van der Waals surface area contributed by atoms with Crippen molar-refractivity contribution < 1.29 is 0 Å². The third-order valence-corrected chi connectivity index (χ3v) is 4.54. The minimum atomic E-state index is 0.0976. The van der Waals surface area contributed by atoms with E-state index in [1.165, 1.54) is 4.21 Å². The number of thiophene rings is 1. The molecular formula is C11H9BrN2S2. The number of hydrogen-bond acceptors (Lipinski definition) is 3. The first-order chi connectivity index (χ1) is 7.66. The molecule has 0 radical (unpaired) electrons. The summed E-state index contributed by atoms with van der Waals surface area (Å²) in [6.45, 7) is 0.